The Morgan fingerprint density at radius 3 is 2.69 bits per heavy atom. The number of carbonyl (C=O) groups excluding carboxylic acids is 1. The molecule has 1 aliphatic heterocycles. The summed E-state index contributed by atoms with van der Waals surface area (Å²) in [5.74, 6) is 0.795. The first kappa shape index (κ1) is 11.4. The van der Waals surface area contributed by atoms with Crippen LogP contribution in [0.15, 0.2) is 18.3 Å². The summed E-state index contributed by atoms with van der Waals surface area (Å²) in [4.78, 5) is 17.9. The van der Waals surface area contributed by atoms with E-state index in [1.54, 1.807) is 18.3 Å². The van der Waals surface area contributed by atoms with Gasteiger partial charge in [0.2, 0.25) is 0 Å². The van der Waals surface area contributed by atoms with Gasteiger partial charge in [0.05, 0.1) is 5.56 Å². The van der Waals surface area contributed by atoms with Crippen LogP contribution in [-0.2, 0) is 0 Å². The topological polar surface area (TPSA) is 33.2 Å². The summed E-state index contributed by atoms with van der Waals surface area (Å²) >= 11 is 5.69. The average Bonchev–Trinajstić information content (AvgIpc) is 2.30. The van der Waals surface area contributed by atoms with Gasteiger partial charge in [0, 0.05) is 19.3 Å². The van der Waals surface area contributed by atoms with Crippen LogP contribution in [0, 0.1) is 5.92 Å². The summed E-state index contributed by atoms with van der Waals surface area (Å²) in [6.45, 7) is 3.93. The predicted molar refractivity (Wildman–Crippen MR) is 63.5 cm³/mol. The van der Waals surface area contributed by atoms with Gasteiger partial charge in [-0.2, -0.15) is 0 Å². The van der Waals surface area contributed by atoms with Crippen molar-refractivity contribution >= 4 is 17.5 Å². The van der Waals surface area contributed by atoms with Gasteiger partial charge in [-0.05, 0) is 30.9 Å². The van der Waals surface area contributed by atoms with Crippen LogP contribution in [0.5, 0.6) is 0 Å². The molecule has 1 amide bonds. The Morgan fingerprint density at radius 1 is 1.44 bits per heavy atom. The molecule has 4 heteroatoms. The van der Waals surface area contributed by atoms with Crippen molar-refractivity contribution in [2.24, 2.45) is 5.92 Å². The molecule has 3 nitrogen and oxygen atoms in total. The molecule has 2 rings (SSSR count). The van der Waals surface area contributed by atoms with Crippen molar-refractivity contribution in [2.45, 2.75) is 19.8 Å². The molecule has 0 aromatic carbocycles. The molecule has 1 saturated heterocycles. The van der Waals surface area contributed by atoms with Crippen molar-refractivity contribution in [3.63, 3.8) is 0 Å². The lowest BCUT2D eigenvalue weighted by Crippen LogP contribution is -2.37. The largest absolute Gasteiger partial charge is 0.339 e. The number of rotatable bonds is 1. The fraction of sp³-hybridized carbons (Fsp3) is 0.500. The Balaban J connectivity index is 2.05. The molecule has 1 aliphatic rings. The van der Waals surface area contributed by atoms with Crippen LogP contribution < -0.4 is 0 Å². The first-order valence-corrected chi connectivity index (χ1v) is 5.95. The van der Waals surface area contributed by atoms with Crippen LogP contribution in [0.3, 0.4) is 0 Å². The minimum atomic E-state index is 0.0658. The SMILES string of the molecule is CC1CCN(C(=O)c2ccc(Cl)nc2)CC1. The minimum Gasteiger partial charge on any atom is -0.339 e. The molecule has 1 aromatic rings. The maximum absolute atomic E-state index is 12.1. The third-order valence-corrected chi connectivity index (χ3v) is 3.27. The van der Waals surface area contributed by atoms with Crippen molar-refractivity contribution in [1.82, 2.24) is 9.88 Å². The lowest BCUT2D eigenvalue weighted by Gasteiger charge is -2.30. The lowest BCUT2D eigenvalue weighted by molar-refractivity contribution is 0.0697. The average molecular weight is 239 g/mol. The molecular weight excluding hydrogens is 224 g/mol. The Kier molecular flexibility index (Phi) is 3.44. The number of pyridine rings is 1. The first-order chi connectivity index (χ1) is 7.66. The first-order valence-electron chi connectivity index (χ1n) is 5.57. The van der Waals surface area contributed by atoms with E-state index in [0.717, 1.165) is 31.8 Å². The van der Waals surface area contributed by atoms with Crippen LogP contribution in [0.2, 0.25) is 5.15 Å². The highest BCUT2D eigenvalue weighted by Crippen LogP contribution is 2.18. The summed E-state index contributed by atoms with van der Waals surface area (Å²) in [5.41, 5.74) is 0.624. The number of aromatic nitrogens is 1. The molecule has 0 saturated carbocycles. The number of halogens is 1. The third-order valence-electron chi connectivity index (χ3n) is 3.05. The van der Waals surface area contributed by atoms with E-state index in [1.165, 1.54) is 0 Å². The molecule has 0 bridgehead atoms. The second-order valence-corrected chi connectivity index (χ2v) is 4.73. The number of carbonyl (C=O) groups is 1. The minimum absolute atomic E-state index is 0.0658. The van der Waals surface area contributed by atoms with Gasteiger partial charge in [0.15, 0.2) is 0 Å². The standard InChI is InChI=1S/C12H15ClN2O/c1-9-4-6-15(7-5-9)12(16)10-2-3-11(13)14-8-10/h2-3,8-9H,4-7H2,1H3. The molecule has 86 valence electrons. The Bertz CT molecular complexity index is 369. The molecule has 0 atom stereocenters. The van der Waals surface area contributed by atoms with Crippen molar-refractivity contribution in [3.05, 3.63) is 29.0 Å². The number of hydrogen-bond acceptors (Lipinski definition) is 2. The van der Waals surface area contributed by atoms with Gasteiger partial charge in [-0.1, -0.05) is 18.5 Å². The van der Waals surface area contributed by atoms with Gasteiger partial charge in [-0.15, -0.1) is 0 Å². The summed E-state index contributed by atoms with van der Waals surface area (Å²) in [6, 6.07) is 3.39. The second kappa shape index (κ2) is 4.83. The second-order valence-electron chi connectivity index (χ2n) is 4.34. The van der Waals surface area contributed by atoms with Crippen LogP contribution >= 0.6 is 11.6 Å². The summed E-state index contributed by atoms with van der Waals surface area (Å²) in [7, 11) is 0. The number of nitrogens with zero attached hydrogens (tertiary/aromatic N) is 2. The van der Waals surface area contributed by atoms with Crippen LogP contribution in [-0.4, -0.2) is 28.9 Å². The van der Waals surface area contributed by atoms with Gasteiger partial charge in [0.25, 0.3) is 5.91 Å². The smallest absolute Gasteiger partial charge is 0.255 e. The molecule has 2 heterocycles. The van der Waals surface area contributed by atoms with Crippen molar-refractivity contribution in [2.75, 3.05) is 13.1 Å². The predicted octanol–water partition coefficient (Wildman–Crippen LogP) is 2.61. The monoisotopic (exact) mass is 238 g/mol. The maximum Gasteiger partial charge on any atom is 0.255 e. The van der Waals surface area contributed by atoms with Crippen LogP contribution in [0.1, 0.15) is 30.1 Å². The van der Waals surface area contributed by atoms with E-state index in [0.29, 0.717) is 10.7 Å². The molecule has 1 aromatic heterocycles. The fourth-order valence-corrected chi connectivity index (χ4v) is 2.01. The van der Waals surface area contributed by atoms with Crippen LogP contribution in [0.4, 0.5) is 0 Å². The van der Waals surface area contributed by atoms with Crippen molar-refractivity contribution < 1.29 is 4.79 Å². The van der Waals surface area contributed by atoms with E-state index in [-0.39, 0.29) is 5.91 Å². The van der Waals surface area contributed by atoms with Gasteiger partial charge in [0.1, 0.15) is 5.15 Å². The fourth-order valence-electron chi connectivity index (χ4n) is 1.90. The number of hydrogen-bond donors (Lipinski definition) is 0. The van der Waals surface area contributed by atoms with E-state index in [2.05, 4.69) is 11.9 Å². The lowest BCUT2D eigenvalue weighted by atomic mass is 9.99. The van der Waals surface area contributed by atoms with E-state index in [1.807, 2.05) is 4.90 Å². The number of likely N-dealkylation sites (tertiary alicyclic amines) is 1. The zero-order valence-corrected chi connectivity index (χ0v) is 10.1. The molecule has 0 spiro atoms. The van der Waals surface area contributed by atoms with Gasteiger partial charge >= 0.3 is 0 Å². The highest BCUT2D eigenvalue weighted by Gasteiger charge is 2.21. The number of amides is 1. The Morgan fingerprint density at radius 2 is 2.12 bits per heavy atom. The van der Waals surface area contributed by atoms with E-state index in [9.17, 15) is 4.79 Å². The van der Waals surface area contributed by atoms with Gasteiger partial charge in [-0.25, -0.2) is 4.98 Å². The maximum atomic E-state index is 12.1. The zero-order chi connectivity index (χ0) is 11.5. The van der Waals surface area contributed by atoms with Gasteiger partial charge in [-0.3, -0.25) is 4.79 Å². The van der Waals surface area contributed by atoms with E-state index in [4.69, 9.17) is 11.6 Å². The van der Waals surface area contributed by atoms with E-state index < -0.39 is 0 Å². The molecule has 1 fully saturated rings. The highest BCUT2D eigenvalue weighted by atomic mass is 35.5. The van der Waals surface area contributed by atoms with Crippen molar-refractivity contribution in [1.29, 1.82) is 0 Å². The molecular formula is C12H15ClN2O. The summed E-state index contributed by atoms with van der Waals surface area (Å²) in [5, 5.41) is 0.420. The molecule has 0 aliphatic carbocycles. The van der Waals surface area contributed by atoms with Crippen molar-refractivity contribution in [3.8, 4) is 0 Å². The Labute approximate surface area is 100 Å². The zero-order valence-electron chi connectivity index (χ0n) is 9.32. The Hall–Kier alpha value is -1.09. The quantitative estimate of drug-likeness (QED) is 0.705. The summed E-state index contributed by atoms with van der Waals surface area (Å²) in [6.07, 6.45) is 3.72. The molecule has 0 N–H and O–H groups in total. The summed E-state index contributed by atoms with van der Waals surface area (Å²) < 4.78 is 0. The molecule has 0 radical (unpaired) electrons. The van der Waals surface area contributed by atoms with Gasteiger partial charge < -0.3 is 4.90 Å². The highest BCUT2D eigenvalue weighted by molar-refractivity contribution is 6.29. The molecule has 16 heavy (non-hydrogen) atoms. The van der Waals surface area contributed by atoms with Crippen LogP contribution in [0.25, 0.3) is 0 Å². The number of piperidine rings is 1. The van der Waals surface area contributed by atoms with E-state index >= 15 is 0 Å². The molecule has 0 unspecified atom stereocenters. The third kappa shape index (κ3) is 2.53. The normalized spacial score (nSPS) is 17.5.